The quantitative estimate of drug-likeness (QED) is 0.769. The summed E-state index contributed by atoms with van der Waals surface area (Å²) in [6.07, 6.45) is 1.75. The second-order valence-corrected chi connectivity index (χ2v) is 5.44. The molecule has 17 heavy (non-hydrogen) atoms. The van der Waals surface area contributed by atoms with Gasteiger partial charge in [-0.3, -0.25) is 4.72 Å². The standard InChI is InChI=1S/C10H14N4O2S/c1-6(2)8-5-7-3-4-12-9(7)13-10(8)14-17(11,15)16/h3-6H,1-2H3,(H2,11,15,16)(H2,12,13,14). The van der Waals surface area contributed by atoms with Crippen LogP contribution in [0.3, 0.4) is 0 Å². The van der Waals surface area contributed by atoms with Crippen LogP contribution in [0, 0.1) is 0 Å². The molecule has 6 nitrogen and oxygen atoms in total. The lowest BCUT2D eigenvalue weighted by atomic mass is 10.0. The number of hydrogen-bond acceptors (Lipinski definition) is 3. The first-order valence-corrected chi connectivity index (χ1v) is 6.70. The van der Waals surface area contributed by atoms with Crippen LogP contribution in [0.15, 0.2) is 18.3 Å². The second kappa shape index (κ2) is 4.01. The number of aromatic amines is 1. The molecule has 0 aromatic carbocycles. The average molecular weight is 254 g/mol. The van der Waals surface area contributed by atoms with Crippen LogP contribution in [-0.4, -0.2) is 18.4 Å². The average Bonchev–Trinajstić information content (AvgIpc) is 2.60. The van der Waals surface area contributed by atoms with Crippen molar-refractivity contribution in [3.8, 4) is 0 Å². The van der Waals surface area contributed by atoms with Gasteiger partial charge >= 0.3 is 0 Å². The van der Waals surface area contributed by atoms with Crippen molar-refractivity contribution in [2.75, 3.05) is 4.72 Å². The number of hydrogen-bond donors (Lipinski definition) is 3. The van der Waals surface area contributed by atoms with Crippen molar-refractivity contribution in [2.45, 2.75) is 19.8 Å². The van der Waals surface area contributed by atoms with Crippen LogP contribution in [-0.2, 0) is 10.2 Å². The summed E-state index contributed by atoms with van der Waals surface area (Å²) < 4.78 is 24.4. The van der Waals surface area contributed by atoms with Crippen molar-refractivity contribution in [1.82, 2.24) is 9.97 Å². The Hall–Kier alpha value is -1.60. The fourth-order valence-electron chi connectivity index (χ4n) is 1.65. The summed E-state index contributed by atoms with van der Waals surface area (Å²) in [6, 6.07) is 3.78. The van der Waals surface area contributed by atoms with E-state index >= 15 is 0 Å². The minimum absolute atomic E-state index is 0.144. The molecule has 0 aliphatic carbocycles. The predicted molar refractivity (Wildman–Crippen MR) is 66.9 cm³/mol. The molecule has 0 bridgehead atoms. The molecule has 4 N–H and O–H groups in total. The Bertz CT molecular complexity index is 645. The monoisotopic (exact) mass is 254 g/mol. The molecule has 92 valence electrons. The molecule has 0 saturated carbocycles. The van der Waals surface area contributed by atoms with Crippen LogP contribution >= 0.6 is 0 Å². The Kier molecular flexibility index (Phi) is 2.80. The van der Waals surface area contributed by atoms with E-state index < -0.39 is 10.2 Å². The molecule has 0 spiro atoms. The molecule has 0 aliphatic heterocycles. The fourth-order valence-corrected chi connectivity index (χ4v) is 2.09. The molecular formula is C10H14N4O2S. The lowest BCUT2D eigenvalue weighted by Gasteiger charge is -2.12. The van der Waals surface area contributed by atoms with Crippen molar-refractivity contribution in [1.29, 1.82) is 0 Å². The highest BCUT2D eigenvalue weighted by Gasteiger charge is 2.14. The highest BCUT2D eigenvalue weighted by atomic mass is 32.2. The molecule has 2 heterocycles. The summed E-state index contributed by atoms with van der Waals surface area (Å²) in [5, 5.41) is 5.91. The molecule has 0 unspecified atom stereocenters. The summed E-state index contributed by atoms with van der Waals surface area (Å²) in [5.74, 6) is 0.420. The van der Waals surface area contributed by atoms with Crippen LogP contribution in [0.4, 0.5) is 5.82 Å². The van der Waals surface area contributed by atoms with Crippen molar-refractivity contribution in [3.63, 3.8) is 0 Å². The van der Waals surface area contributed by atoms with Crippen LogP contribution in [0.5, 0.6) is 0 Å². The van der Waals surface area contributed by atoms with E-state index in [2.05, 4.69) is 14.7 Å². The minimum Gasteiger partial charge on any atom is -0.346 e. The van der Waals surface area contributed by atoms with Gasteiger partial charge in [-0.2, -0.15) is 8.42 Å². The van der Waals surface area contributed by atoms with Gasteiger partial charge in [-0.15, -0.1) is 0 Å². The Morgan fingerprint density at radius 2 is 2.18 bits per heavy atom. The Morgan fingerprint density at radius 1 is 1.47 bits per heavy atom. The largest absolute Gasteiger partial charge is 0.346 e. The smallest absolute Gasteiger partial charge is 0.297 e. The van der Waals surface area contributed by atoms with Crippen molar-refractivity contribution >= 4 is 27.1 Å². The van der Waals surface area contributed by atoms with Gasteiger partial charge in [0.1, 0.15) is 11.5 Å². The van der Waals surface area contributed by atoms with Gasteiger partial charge in [0.25, 0.3) is 10.2 Å². The third kappa shape index (κ3) is 2.56. The van der Waals surface area contributed by atoms with E-state index in [1.54, 1.807) is 6.20 Å². The normalized spacial score (nSPS) is 12.2. The molecule has 0 radical (unpaired) electrons. The SMILES string of the molecule is CC(C)c1cc2cc[nH]c2nc1NS(N)(=O)=O. The summed E-state index contributed by atoms with van der Waals surface area (Å²) in [7, 11) is -3.81. The number of aromatic nitrogens is 2. The molecule has 2 aromatic heterocycles. The zero-order chi connectivity index (χ0) is 12.6. The third-order valence-corrected chi connectivity index (χ3v) is 2.90. The van der Waals surface area contributed by atoms with Crippen LogP contribution in [0.1, 0.15) is 25.3 Å². The van der Waals surface area contributed by atoms with Crippen LogP contribution in [0.2, 0.25) is 0 Å². The third-order valence-electron chi connectivity index (χ3n) is 2.43. The van der Waals surface area contributed by atoms with Crippen LogP contribution in [0.25, 0.3) is 11.0 Å². The number of H-pyrrole nitrogens is 1. The maximum atomic E-state index is 11.1. The molecule has 0 aliphatic rings. The zero-order valence-electron chi connectivity index (χ0n) is 9.56. The topological polar surface area (TPSA) is 101 Å². The molecule has 7 heteroatoms. The predicted octanol–water partition coefficient (Wildman–Crippen LogP) is 1.30. The van der Waals surface area contributed by atoms with E-state index in [0.717, 1.165) is 10.9 Å². The maximum Gasteiger partial charge on any atom is 0.297 e. The van der Waals surface area contributed by atoms with Gasteiger partial charge in [0.05, 0.1) is 0 Å². The lowest BCUT2D eigenvalue weighted by molar-refractivity contribution is 0.602. The molecule has 0 saturated heterocycles. The first-order chi connectivity index (χ1) is 7.87. The second-order valence-electron chi connectivity index (χ2n) is 4.14. The van der Waals surface area contributed by atoms with E-state index in [9.17, 15) is 8.42 Å². The van der Waals surface area contributed by atoms with Crippen molar-refractivity contribution in [3.05, 3.63) is 23.9 Å². The zero-order valence-corrected chi connectivity index (χ0v) is 10.4. The Morgan fingerprint density at radius 3 is 2.76 bits per heavy atom. The Labute approximate surface area is 99.4 Å². The van der Waals surface area contributed by atoms with E-state index in [1.165, 1.54) is 0 Å². The van der Waals surface area contributed by atoms with Gasteiger partial charge in [-0.1, -0.05) is 13.8 Å². The van der Waals surface area contributed by atoms with Gasteiger partial charge in [0, 0.05) is 11.6 Å². The minimum atomic E-state index is -3.81. The summed E-state index contributed by atoms with van der Waals surface area (Å²) in [4.78, 5) is 7.14. The molecule has 2 aromatic rings. The van der Waals surface area contributed by atoms with Gasteiger partial charge in [0.15, 0.2) is 0 Å². The molecule has 0 fully saturated rings. The summed E-state index contributed by atoms with van der Waals surface area (Å²) in [5.41, 5.74) is 1.44. The highest BCUT2D eigenvalue weighted by molar-refractivity contribution is 7.90. The number of rotatable bonds is 3. The summed E-state index contributed by atoms with van der Waals surface area (Å²) in [6.45, 7) is 3.92. The molecule has 0 amide bonds. The first-order valence-electron chi connectivity index (χ1n) is 5.15. The number of fused-ring (bicyclic) bond motifs is 1. The number of nitrogens with two attached hydrogens (primary N) is 1. The molecule has 2 rings (SSSR count). The number of anilines is 1. The van der Waals surface area contributed by atoms with E-state index in [1.807, 2.05) is 26.0 Å². The van der Waals surface area contributed by atoms with Crippen molar-refractivity contribution in [2.24, 2.45) is 5.14 Å². The van der Waals surface area contributed by atoms with E-state index in [-0.39, 0.29) is 11.7 Å². The maximum absolute atomic E-state index is 11.1. The van der Waals surface area contributed by atoms with Crippen LogP contribution < -0.4 is 9.86 Å². The number of pyridine rings is 1. The van der Waals surface area contributed by atoms with Gasteiger partial charge in [-0.25, -0.2) is 10.1 Å². The van der Waals surface area contributed by atoms with Crippen molar-refractivity contribution < 1.29 is 8.42 Å². The van der Waals surface area contributed by atoms with E-state index in [0.29, 0.717) is 5.65 Å². The first kappa shape index (κ1) is 11.9. The molecule has 0 atom stereocenters. The van der Waals surface area contributed by atoms with Gasteiger partial charge in [0.2, 0.25) is 0 Å². The highest BCUT2D eigenvalue weighted by Crippen LogP contribution is 2.26. The summed E-state index contributed by atoms with van der Waals surface area (Å²) >= 11 is 0. The molecular weight excluding hydrogens is 240 g/mol. The number of nitrogens with zero attached hydrogens (tertiary/aromatic N) is 1. The Balaban J connectivity index is 2.61. The lowest BCUT2D eigenvalue weighted by Crippen LogP contribution is -2.23. The van der Waals surface area contributed by atoms with E-state index in [4.69, 9.17) is 5.14 Å². The number of nitrogens with one attached hydrogen (secondary N) is 2. The van der Waals surface area contributed by atoms with Gasteiger partial charge in [-0.05, 0) is 23.6 Å². The fraction of sp³-hybridized carbons (Fsp3) is 0.300. The van der Waals surface area contributed by atoms with Gasteiger partial charge < -0.3 is 4.98 Å².